The summed E-state index contributed by atoms with van der Waals surface area (Å²) in [4.78, 5) is 8.19. The van der Waals surface area contributed by atoms with Gasteiger partial charge in [0.1, 0.15) is 5.15 Å². The van der Waals surface area contributed by atoms with Crippen LogP contribution in [0.3, 0.4) is 0 Å². The summed E-state index contributed by atoms with van der Waals surface area (Å²) in [5.74, 6) is 0. The highest BCUT2D eigenvalue weighted by Gasteiger charge is 2.10. The van der Waals surface area contributed by atoms with Gasteiger partial charge in [-0.1, -0.05) is 11.6 Å². The smallest absolute Gasteiger partial charge is 0.147 e. The van der Waals surface area contributed by atoms with Gasteiger partial charge in [-0.15, -0.1) is 0 Å². The van der Waals surface area contributed by atoms with Crippen LogP contribution >= 0.6 is 11.6 Å². The van der Waals surface area contributed by atoms with E-state index in [0.717, 1.165) is 25.3 Å². The average Bonchev–Trinajstić information content (AvgIpc) is 2.23. The molecule has 0 amide bonds. The maximum absolute atomic E-state index is 5.65. The number of nitrogens with one attached hydrogen (secondary N) is 1. The fourth-order valence-corrected chi connectivity index (χ4v) is 1.59. The zero-order valence-corrected chi connectivity index (χ0v) is 8.67. The molecule has 1 aliphatic heterocycles. The van der Waals surface area contributed by atoms with E-state index in [4.69, 9.17) is 11.6 Å². The third-order valence-electron chi connectivity index (χ3n) is 2.22. The van der Waals surface area contributed by atoms with Gasteiger partial charge >= 0.3 is 0 Å². The van der Waals surface area contributed by atoms with E-state index < -0.39 is 0 Å². The van der Waals surface area contributed by atoms with E-state index in [0.29, 0.717) is 5.15 Å². The van der Waals surface area contributed by atoms with E-state index in [1.165, 1.54) is 12.8 Å². The Balaban J connectivity index is 1.92. The zero-order chi connectivity index (χ0) is 9.80. The van der Waals surface area contributed by atoms with Crippen molar-refractivity contribution in [1.82, 2.24) is 20.4 Å². The fourth-order valence-electron chi connectivity index (χ4n) is 1.50. The average molecular weight is 213 g/mol. The van der Waals surface area contributed by atoms with Gasteiger partial charge in [0.05, 0.1) is 24.6 Å². The van der Waals surface area contributed by atoms with Crippen LogP contribution in [0.4, 0.5) is 0 Å². The van der Waals surface area contributed by atoms with Crippen molar-refractivity contribution in [2.75, 3.05) is 13.1 Å². The van der Waals surface area contributed by atoms with Crippen LogP contribution in [-0.4, -0.2) is 28.1 Å². The molecule has 1 aliphatic rings. The predicted octanol–water partition coefficient (Wildman–Crippen LogP) is 1.23. The lowest BCUT2D eigenvalue weighted by Crippen LogP contribution is -2.42. The molecule has 76 valence electrons. The van der Waals surface area contributed by atoms with Crippen molar-refractivity contribution in [2.45, 2.75) is 19.4 Å². The molecule has 1 N–H and O–H groups in total. The van der Waals surface area contributed by atoms with Crippen molar-refractivity contribution in [3.05, 3.63) is 23.2 Å². The van der Waals surface area contributed by atoms with Crippen LogP contribution in [-0.2, 0) is 6.54 Å². The first-order chi connectivity index (χ1) is 6.84. The van der Waals surface area contributed by atoms with Crippen molar-refractivity contribution >= 4 is 11.6 Å². The van der Waals surface area contributed by atoms with Gasteiger partial charge in [0.15, 0.2) is 0 Å². The summed E-state index contributed by atoms with van der Waals surface area (Å²) in [6, 6.07) is 0. The van der Waals surface area contributed by atoms with Crippen LogP contribution in [0.2, 0.25) is 5.15 Å². The van der Waals surface area contributed by atoms with Crippen molar-refractivity contribution in [3.8, 4) is 0 Å². The largest absolute Gasteiger partial charge is 0.255 e. The molecule has 0 bridgehead atoms. The predicted molar refractivity (Wildman–Crippen MR) is 54.7 cm³/mol. The lowest BCUT2D eigenvalue weighted by Gasteiger charge is -2.26. The first-order valence-corrected chi connectivity index (χ1v) is 5.17. The van der Waals surface area contributed by atoms with E-state index in [2.05, 4.69) is 20.4 Å². The molecule has 0 unspecified atom stereocenters. The standard InChI is InChI=1S/C9H13ClN4/c10-9-6-11-8(5-12-9)7-14-4-2-1-3-13-14/h5-6,13H,1-4,7H2. The van der Waals surface area contributed by atoms with Crippen LogP contribution in [0.25, 0.3) is 0 Å². The number of hydrogen-bond donors (Lipinski definition) is 1. The Morgan fingerprint density at radius 1 is 1.36 bits per heavy atom. The third kappa shape index (κ3) is 2.64. The summed E-state index contributed by atoms with van der Waals surface area (Å²) in [5.41, 5.74) is 4.26. The number of nitrogens with zero attached hydrogens (tertiary/aromatic N) is 3. The molecule has 2 heterocycles. The minimum atomic E-state index is 0.445. The fraction of sp³-hybridized carbons (Fsp3) is 0.556. The van der Waals surface area contributed by atoms with E-state index in [1.54, 1.807) is 12.4 Å². The number of rotatable bonds is 2. The molecule has 1 aromatic heterocycles. The summed E-state index contributed by atoms with van der Waals surface area (Å²) in [5, 5.41) is 2.61. The molecule has 0 aliphatic carbocycles. The third-order valence-corrected chi connectivity index (χ3v) is 2.41. The van der Waals surface area contributed by atoms with Crippen molar-refractivity contribution < 1.29 is 0 Å². The van der Waals surface area contributed by atoms with Crippen LogP contribution in [0, 0.1) is 0 Å². The molecule has 1 saturated heterocycles. The summed E-state index contributed by atoms with van der Waals surface area (Å²) >= 11 is 5.65. The van der Waals surface area contributed by atoms with Gasteiger partial charge in [0.25, 0.3) is 0 Å². The molecule has 0 aromatic carbocycles. The van der Waals surface area contributed by atoms with Gasteiger partial charge in [-0.25, -0.2) is 9.99 Å². The zero-order valence-electron chi connectivity index (χ0n) is 7.91. The molecule has 2 rings (SSSR count). The van der Waals surface area contributed by atoms with Gasteiger partial charge in [0, 0.05) is 13.1 Å². The molecule has 0 saturated carbocycles. The van der Waals surface area contributed by atoms with Crippen molar-refractivity contribution in [2.24, 2.45) is 0 Å². The Kier molecular flexibility index (Phi) is 3.29. The summed E-state index contributed by atoms with van der Waals surface area (Å²) in [7, 11) is 0. The Bertz CT molecular complexity index is 281. The first-order valence-electron chi connectivity index (χ1n) is 4.79. The molecule has 14 heavy (non-hydrogen) atoms. The first kappa shape index (κ1) is 9.83. The summed E-state index contributed by atoms with van der Waals surface area (Å²) in [6.07, 6.45) is 5.80. The number of halogens is 1. The lowest BCUT2D eigenvalue weighted by atomic mass is 10.2. The van der Waals surface area contributed by atoms with E-state index in [-0.39, 0.29) is 0 Å². The van der Waals surface area contributed by atoms with Gasteiger partial charge < -0.3 is 0 Å². The van der Waals surface area contributed by atoms with Gasteiger partial charge in [-0.3, -0.25) is 10.4 Å². The monoisotopic (exact) mass is 212 g/mol. The normalized spacial score (nSPS) is 18.4. The minimum Gasteiger partial charge on any atom is -0.255 e. The molecule has 0 atom stereocenters. The quantitative estimate of drug-likeness (QED) is 0.801. The highest BCUT2D eigenvalue weighted by Crippen LogP contribution is 2.06. The van der Waals surface area contributed by atoms with Gasteiger partial charge in [-0.05, 0) is 12.8 Å². The van der Waals surface area contributed by atoms with Crippen LogP contribution < -0.4 is 5.43 Å². The van der Waals surface area contributed by atoms with Crippen LogP contribution in [0.15, 0.2) is 12.4 Å². The number of aromatic nitrogens is 2. The van der Waals surface area contributed by atoms with E-state index >= 15 is 0 Å². The number of hydrogen-bond acceptors (Lipinski definition) is 4. The topological polar surface area (TPSA) is 41.1 Å². The second-order valence-corrected chi connectivity index (χ2v) is 3.75. The highest BCUT2D eigenvalue weighted by molar-refractivity contribution is 6.29. The second kappa shape index (κ2) is 4.68. The molecule has 5 heteroatoms. The maximum Gasteiger partial charge on any atom is 0.147 e. The van der Waals surface area contributed by atoms with Gasteiger partial charge in [0.2, 0.25) is 0 Å². The van der Waals surface area contributed by atoms with Crippen molar-refractivity contribution in [3.63, 3.8) is 0 Å². The van der Waals surface area contributed by atoms with E-state index in [9.17, 15) is 0 Å². The Morgan fingerprint density at radius 3 is 2.93 bits per heavy atom. The Morgan fingerprint density at radius 2 is 2.29 bits per heavy atom. The summed E-state index contributed by atoms with van der Waals surface area (Å²) in [6.45, 7) is 2.93. The number of hydrazine groups is 1. The SMILES string of the molecule is Clc1cnc(CN2CCCCN2)cn1. The second-order valence-electron chi connectivity index (χ2n) is 3.37. The highest BCUT2D eigenvalue weighted by atomic mass is 35.5. The maximum atomic E-state index is 5.65. The van der Waals surface area contributed by atoms with Gasteiger partial charge in [-0.2, -0.15) is 0 Å². The molecule has 0 spiro atoms. The van der Waals surface area contributed by atoms with Crippen LogP contribution in [0.1, 0.15) is 18.5 Å². The Labute approximate surface area is 88.3 Å². The lowest BCUT2D eigenvalue weighted by molar-refractivity contribution is 0.142. The van der Waals surface area contributed by atoms with Crippen molar-refractivity contribution in [1.29, 1.82) is 0 Å². The molecular weight excluding hydrogens is 200 g/mol. The summed E-state index contributed by atoms with van der Waals surface area (Å²) < 4.78 is 0. The van der Waals surface area contributed by atoms with E-state index in [1.807, 2.05) is 0 Å². The molecule has 0 radical (unpaired) electrons. The molecular formula is C9H13ClN4. The minimum absolute atomic E-state index is 0.445. The molecule has 1 aromatic rings. The molecule has 1 fully saturated rings. The van der Waals surface area contributed by atoms with Crippen LogP contribution in [0.5, 0.6) is 0 Å². The molecule has 4 nitrogen and oxygen atoms in total. The Hall–Kier alpha value is -0.710.